The van der Waals surface area contributed by atoms with Gasteiger partial charge in [0.2, 0.25) is 0 Å². The van der Waals surface area contributed by atoms with E-state index in [1.54, 1.807) is 11.3 Å². The zero-order chi connectivity index (χ0) is 19.6. The van der Waals surface area contributed by atoms with Crippen molar-refractivity contribution in [3.05, 3.63) is 22.4 Å². The normalized spacial score (nSPS) is 23.2. The maximum Gasteiger partial charge on any atom is 0.344 e. The molecule has 1 spiro atoms. The molecule has 1 aliphatic carbocycles. The van der Waals surface area contributed by atoms with Crippen molar-refractivity contribution in [1.29, 1.82) is 0 Å². The summed E-state index contributed by atoms with van der Waals surface area (Å²) in [4.78, 5) is 41.8. The summed E-state index contributed by atoms with van der Waals surface area (Å²) in [6.07, 6.45) is 4.22. The number of imide groups is 1. The Hall–Kier alpha value is -1.97. The summed E-state index contributed by atoms with van der Waals surface area (Å²) < 4.78 is 0. The molecule has 1 saturated carbocycles. The van der Waals surface area contributed by atoms with Gasteiger partial charge in [0.1, 0.15) is 5.54 Å². The first-order valence-corrected chi connectivity index (χ1v) is 10.9. The monoisotopic (exact) mass is 405 g/mol. The molecule has 1 aromatic rings. The molecular formula is C19H27N5O3S. The SMILES string of the molecule is O=C(CN1CCN(Cc2ccsc2)CC1)NN1C(=O)NC2(CCCCC2)C1=O. The molecule has 152 valence electrons. The van der Waals surface area contributed by atoms with Gasteiger partial charge in [-0.1, -0.05) is 19.3 Å². The molecule has 0 unspecified atom stereocenters. The summed E-state index contributed by atoms with van der Waals surface area (Å²) in [6.45, 7) is 4.51. The van der Waals surface area contributed by atoms with Crippen molar-refractivity contribution in [2.75, 3.05) is 32.7 Å². The molecule has 8 nitrogen and oxygen atoms in total. The van der Waals surface area contributed by atoms with E-state index < -0.39 is 11.6 Å². The average Bonchev–Trinajstić information content (AvgIpc) is 3.27. The lowest BCUT2D eigenvalue weighted by molar-refractivity contribution is -0.140. The second-order valence-corrected chi connectivity index (χ2v) is 8.71. The fourth-order valence-corrected chi connectivity index (χ4v) is 4.99. The van der Waals surface area contributed by atoms with Gasteiger partial charge in [0, 0.05) is 32.7 Å². The van der Waals surface area contributed by atoms with Crippen molar-refractivity contribution in [3.8, 4) is 0 Å². The van der Waals surface area contributed by atoms with Crippen LogP contribution in [-0.2, 0) is 16.1 Å². The molecule has 2 aliphatic heterocycles. The van der Waals surface area contributed by atoms with Gasteiger partial charge in [0.25, 0.3) is 11.8 Å². The van der Waals surface area contributed by atoms with E-state index >= 15 is 0 Å². The number of hydrogen-bond acceptors (Lipinski definition) is 6. The molecule has 2 saturated heterocycles. The number of hydrogen-bond donors (Lipinski definition) is 2. The van der Waals surface area contributed by atoms with Crippen LogP contribution in [0, 0.1) is 0 Å². The van der Waals surface area contributed by atoms with Crippen molar-refractivity contribution >= 4 is 29.2 Å². The van der Waals surface area contributed by atoms with Crippen molar-refractivity contribution in [3.63, 3.8) is 0 Å². The van der Waals surface area contributed by atoms with Crippen LogP contribution in [0.4, 0.5) is 4.79 Å². The molecule has 0 radical (unpaired) electrons. The smallest absolute Gasteiger partial charge is 0.322 e. The molecule has 4 rings (SSSR count). The maximum atomic E-state index is 12.7. The Bertz CT molecular complexity index is 724. The van der Waals surface area contributed by atoms with E-state index in [9.17, 15) is 14.4 Å². The van der Waals surface area contributed by atoms with Crippen LogP contribution < -0.4 is 10.7 Å². The maximum absolute atomic E-state index is 12.7. The molecule has 28 heavy (non-hydrogen) atoms. The third-order valence-electron chi connectivity index (χ3n) is 5.92. The molecule has 3 fully saturated rings. The van der Waals surface area contributed by atoms with E-state index in [2.05, 4.69) is 37.4 Å². The van der Waals surface area contributed by atoms with Gasteiger partial charge in [-0.05, 0) is 35.2 Å². The summed E-state index contributed by atoms with van der Waals surface area (Å²) in [6, 6.07) is 1.63. The van der Waals surface area contributed by atoms with E-state index in [1.807, 2.05) is 0 Å². The third-order valence-corrected chi connectivity index (χ3v) is 6.66. The highest BCUT2D eigenvalue weighted by molar-refractivity contribution is 7.07. The Kier molecular flexibility index (Phi) is 5.65. The van der Waals surface area contributed by atoms with Crippen LogP contribution in [0.15, 0.2) is 16.8 Å². The topological polar surface area (TPSA) is 85.0 Å². The predicted molar refractivity (Wildman–Crippen MR) is 105 cm³/mol. The van der Waals surface area contributed by atoms with E-state index in [0.717, 1.165) is 57.0 Å². The lowest BCUT2D eigenvalue weighted by atomic mass is 9.82. The zero-order valence-electron chi connectivity index (χ0n) is 16.0. The van der Waals surface area contributed by atoms with Crippen LogP contribution in [0.25, 0.3) is 0 Å². The molecule has 0 aromatic carbocycles. The number of piperazine rings is 1. The van der Waals surface area contributed by atoms with Crippen molar-refractivity contribution in [1.82, 2.24) is 25.6 Å². The van der Waals surface area contributed by atoms with Crippen LogP contribution in [0.5, 0.6) is 0 Å². The summed E-state index contributed by atoms with van der Waals surface area (Å²) >= 11 is 1.71. The molecule has 0 atom stereocenters. The fourth-order valence-electron chi connectivity index (χ4n) is 4.33. The van der Waals surface area contributed by atoms with Gasteiger partial charge >= 0.3 is 6.03 Å². The number of carbonyl (C=O) groups excluding carboxylic acids is 3. The van der Waals surface area contributed by atoms with Gasteiger partial charge in [-0.15, -0.1) is 0 Å². The molecule has 2 N–H and O–H groups in total. The fraction of sp³-hybridized carbons (Fsp3) is 0.632. The summed E-state index contributed by atoms with van der Waals surface area (Å²) in [7, 11) is 0. The van der Waals surface area contributed by atoms with Gasteiger partial charge in [0.15, 0.2) is 0 Å². The summed E-state index contributed by atoms with van der Waals surface area (Å²) in [5.74, 6) is -0.631. The minimum absolute atomic E-state index is 0.191. The van der Waals surface area contributed by atoms with Crippen LogP contribution >= 0.6 is 11.3 Å². The Morgan fingerprint density at radius 1 is 1.11 bits per heavy atom. The Balaban J connectivity index is 1.25. The van der Waals surface area contributed by atoms with Crippen LogP contribution in [0.1, 0.15) is 37.7 Å². The number of thiophene rings is 1. The lowest BCUT2D eigenvalue weighted by Crippen LogP contribution is -2.54. The Morgan fingerprint density at radius 3 is 2.50 bits per heavy atom. The van der Waals surface area contributed by atoms with Gasteiger partial charge < -0.3 is 5.32 Å². The molecule has 3 aliphatic rings. The number of carbonyl (C=O) groups is 3. The molecule has 3 heterocycles. The number of rotatable bonds is 5. The Morgan fingerprint density at radius 2 is 1.82 bits per heavy atom. The molecule has 4 amide bonds. The summed E-state index contributed by atoms with van der Waals surface area (Å²) in [5.41, 5.74) is 3.04. The minimum atomic E-state index is -0.810. The van der Waals surface area contributed by atoms with Crippen molar-refractivity contribution < 1.29 is 14.4 Å². The predicted octanol–water partition coefficient (Wildman–Crippen LogP) is 1.15. The quantitative estimate of drug-likeness (QED) is 0.718. The van der Waals surface area contributed by atoms with E-state index in [4.69, 9.17) is 0 Å². The zero-order valence-corrected chi connectivity index (χ0v) is 16.8. The minimum Gasteiger partial charge on any atom is -0.322 e. The third kappa shape index (κ3) is 4.06. The molecule has 1 aromatic heterocycles. The highest BCUT2D eigenvalue weighted by atomic mass is 32.1. The standard InChI is InChI=1S/C19H27N5O3S/c25-16(13-23-9-7-22(8-10-23)12-15-4-11-28-14-15)21-24-17(26)19(20-18(24)27)5-2-1-3-6-19/h4,11,14H,1-3,5-10,12-13H2,(H,20,27)(H,21,25). The van der Waals surface area contributed by atoms with Crippen LogP contribution in [-0.4, -0.2) is 70.9 Å². The lowest BCUT2D eigenvalue weighted by Gasteiger charge is -2.34. The molecule has 0 bridgehead atoms. The van der Waals surface area contributed by atoms with Crippen LogP contribution in [0.3, 0.4) is 0 Å². The summed E-state index contributed by atoms with van der Waals surface area (Å²) in [5, 5.41) is 7.95. The first-order valence-electron chi connectivity index (χ1n) is 9.98. The highest BCUT2D eigenvalue weighted by Gasteiger charge is 2.52. The Labute approximate surface area is 168 Å². The number of nitrogens with zero attached hydrogens (tertiary/aromatic N) is 3. The van der Waals surface area contributed by atoms with Crippen molar-refractivity contribution in [2.45, 2.75) is 44.2 Å². The largest absolute Gasteiger partial charge is 0.344 e. The van der Waals surface area contributed by atoms with Gasteiger partial charge in [-0.25, -0.2) is 4.79 Å². The van der Waals surface area contributed by atoms with Gasteiger partial charge in [-0.2, -0.15) is 16.3 Å². The van der Waals surface area contributed by atoms with Gasteiger partial charge in [-0.3, -0.25) is 24.8 Å². The first-order chi connectivity index (χ1) is 13.6. The van der Waals surface area contributed by atoms with E-state index in [1.165, 1.54) is 5.56 Å². The highest BCUT2D eigenvalue weighted by Crippen LogP contribution is 2.32. The van der Waals surface area contributed by atoms with Crippen molar-refractivity contribution in [2.24, 2.45) is 0 Å². The number of hydrazine groups is 1. The van der Waals surface area contributed by atoms with E-state index in [0.29, 0.717) is 12.8 Å². The second kappa shape index (κ2) is 8.18. The molecule has 9 heteroatoms. The number of nitrogens with one attached hydrogen (secondary N) is 2. The second-order valence-electron chi connectivity index (χ2n) is 7.93. The first kappa shape index (κ1) is 19.4. The average molecular weight is 406 g/mol. The number of amides is 4. The van der Waals surface area contributed by atoms with Gasteiger partial charge in [0.05, 0.1) is 6.54 Å². The number of urea groups is 1. The van der Waals surface area contributed by atoms with E-state index in [-0.39, 0.29) is 18.4 Å². The van der Waals surface area contributed by atoms with Crippen LogP contribution in [0.2, 0.25) is 0 Å². The molecular weight excluding hydrogens is 378 g/mol.